The van der Waals surface area contributed by atoms with Gasteiger partial charge in [-0.05, 0) is 247 Å². The summed E-state index contributed by atoms with van der Waals surface area (Å²) in [5.41, 5.74) is 8.67. The zero-order valence-corrected chi connectivity index (χ0v) is 51.4. The average Bonchev–Trinajstić information content (AvgIpc) is 4.44. The molecule has 8 fully saturated rings. The minimum Gasteiger partial charge on any atom is -0.393 e. The van der Waals surface area contributed by atoms with Gasteiger partial charge in [0.15, 0.2) is 23.1 Å². The molecule has 8 atom stereocenters. The minimum absolute atomic E-state index is 0.0766. The average molecular weight is 1310 g/mol. The molecule has 4 aromatic rings. The van der Waals surface area contributed by atoms with E-state index in [1.807, 2.05) is 50.6 Å². The molecule has 412 valence electrons. The van der Waals surface area contributed by atoms with Gasteiger partial charge in [-0.1, -0.05) is 88.0 Å². The summed E-state index contributed by atoms with van der Waals surface area (Å²) in [6.07, 6.45) is 24.5. The van der Waals surface area contributed by atoms with Crippen LogP contribution in [0.4, 0.5) is 0 Å². The van der Waals surface area contributed by atoms with Crippen molar-refractivity contribution in [2.45, 2.75) is 179 Å². The number of hydrogen-bond acceptors (Lipinski definition) is 8. The van der Waals surface area contributed by atoms with Gasteiger partial charge < -0.3 is 19.7 Å². The Bertz CT molecular complexity index is 2960. The van der Waals surface area contributed by atoms with Crippen LogP contribution < -0.4 is 0 Å². The van der Waals surface area contributed by atoms with Crippen molar-refractivity contribution >= 4 is 86.9 Å². The Morgan fingerprint density at radius 1 is 0.372 bits per heavy atom. The minimum atomic E-state index is -0.209. The summed E-state index contributed by atoms with van der Waals surface area (Å²) in [5, 5.41) is 20.3. The maximum absolute atomic E-state index is 13.0. The number of Topliss-reactive ketones (excluding diaryl/α,β-unsaturated/α-hetero) is 4. The van der Waals surface area contributed by atoms with E-state index in [1.54, 1.807) is 0 Å². The molecule has 4 aromatic carbocycles. The fourth-order valence-electron chi connectivity index (χ4n) is 17.7. The molecule has 12 aliphatic carbocycles. The molecular weight excluding hydrogens is 1240 g/mol. The zero-order chi connectivity index (χ0) is 54.4. The van der Waals surface area contributed by atoms with Gasteiger partial charge in [0.2, 0.25) is 0 Å². The van der Waals surface area contributed by atoms with E-state index in [0.29, 0.717) is 46.2 Å². The Morgan fingerprint density at radius 2 is 0.615 bits per heavy atom. The highest BCUT2D eigenvalue weighted by atomic mass is 79.9. The highest BCUT2D eigenvalue weighted by molar-refractivity contribution is 9.11. The van der Waals surface area contributed by atoms with E-state index in [4.69, 9.17) is 9.47 Å². The summed E-state index contributed by atoms with van der Waals surface area (Å²) in [5.74, 6) is 1.41. The Hall–Kier alpha value is -2.68. The Labute approximate surface area is 493 Å². The highest BCUT2D eigenvalue weighted by Crippen LogP contribution is 2.68. The molecule has 16 rings (SSSR count). The first kappa shape index (κ1) is 54.6. The Morgan fingerprint density at radius 3 is 0.859 bits per heavy atom. The molecule has 8 spiro atoms. The van der Waals surface area contributed by atoms with Crippen molar-refractivity contribution in [1.29, 1.82) is 0 Å². The molecule has 12 heteroatoms. The molecule has 0 bridgehead atoms. The molecule has 0 amide bonds. The number of carbonyl (C=O) groups excluding carboxylic acids is 4. The third-order valence-corrected chi connectivity index (χ3v) is 24.5. The molecule has 12 aliphatic rings. The van der Waals surface area contributed by atoms with Crippen molar-refractivity contribution in [3.05, 3.63) is 135 Å². The van der Waals surface area contributed by atoms with Crippen LogP contribution in [0.2, 0.25) is 0 Å². The summed E-state index contributed by atoms with van der Waals surface area (Å²) < 4.78 is 15.3. The van der Waals surface area contributed by atoms with Gasteiger partial charge in [-0.3, -0.25) is 19.2 Å². The van der Waals surface area contributed by atoms with Gasteiger partial charge in [0.25, 0.3) is 0 Å². The monoisotopic (exact) mass is 1310 g/mol. The molecular formula is C66H72Br4O8. The normalized spacial score (nSPS) is 34.3. The predicted octanol–water partition coefficient (Wildman–Crippen LogP) is 15.3. The van der Waals surface area contributed by atoms with Crippen LogP contribution in [-0.4, -0.2) is 72.0 Å². The second-order valence-corrected chi connectivity index (χ2v) is 30.8. The number of halogens is 4. The Kier molecular flexibility index (Phi) is 13.6. The number of rotatable bonds is 2. The number of ether oxygens (including phenoxy) is 2. The van der Waals surface area contributed by atoms with Crippen molar-refractivity contribution in [2.75, 3.05) is 14.2 Å². The third kappa shape index (κ3) is 9.10. The van der Waals surface area contributed by atoms with Crippen molar-refractivity contribution < 1.29 is 38.9 Å². The largest absolute Gasteiger partial charge is 0.393 e. The van der Waals surface area contributed by atoms with Crippen LogP contribution in [0.3, 0.4) is 0 Å². The number of hydrogen-bond donors (Lipinski definition) is 2. The predicted molar refractivity (Wildman–Crippen MR) is 314 cm³/mol. The number of aliphatic hydroxyl groups is 2. The zero-order valence-electron chi connectivity index (χ0n) is 45.1. The number of methoxy groups -OCH3 is 2. The summed E-state index contributed by atoms with van der Waals surface area (Å²) in [6, 6.07) is 24.5. The van der Waals surface area contributed by atoms with Gasteiger partial charge in [0, 0.05) is 76.0 Å². The summed E-state index contributed by atoms with van der Waals surface area (Å²) in [6.45, 7) is 0. The van der Waals surface area contributed by atoms with Crippen LogP contribution in [-0.2, 0) is 35.2 Å². The number of fused-ring (bicyclic) bond motifs is 4. The number of ketones is 4. The second kappa shape index (κ2) is 19.5. The van der Waals surface area contributed by atoms with Crippen LogP contribution in [0.25, 0.3) is 0 Å². The van der Waals surface area contributed by atoms with Crippen molar-refractivity contribution in [2.24, 2.45) is 43.3 Å². The first-order valence-corrected chi connectivity index (χ1v) is 32.2. The van der Waals surface area contributed by atoms with E-state index in [0.717, 1.165) is 169 Å². The summed E-state index contributed by atoms with van der Waals surface area (Å²) >= 11 is 13.9. The molecule has 78 heavy (non-hydrogen) atoms. The topological polar surface area (TPSA) is 127 Å². The van der Waals surface area contributed by atoms with E-state index in [1.165, 1.54) is 47.9 Å². The van der Waals surface area contributed by atoms with Crippen LogP contribution in [0.15, 0.2) is 90.7 Å². The number of aliphatic hydroxyl groups excluding tert-OH is 2. The molecule has 0 aliphatic heterocycles. The lowest BCUT2D eigenvalue weighted by molar-refractivity contribution is -0.0257. The van der Waals surface area contributed by atoms with E-state index in [-0.39, 0.29) is 44.7 Å². The smallest absolute Gasteiger partial charge is 0.169 e. The lowest BCUT2D eigenvalue weighted by Crippen LogP contribution is -2.42. The summed E-state index contributed by atoms with van der Waals surface area (Å²) in [4.78, 5) is 51.6. The van der Waals surface area contributed by atoms with Gasteiger partial charge in [-0.25, -0.2) is 0 Å². The maximum Gasteiger partial charge on any atom is 0.169 e. The second-order valence-electron chi connectivity index (χ2n) is 27.1. The SMILES string of the molecule is CO[C@@H]1CC[C@]2(Cc3ccc(Br)cc3C2=O)CC12CC2.CO[C@H]1CC[C@@]2(Cc3ccc(Br)cc3C2=O)CC12CC2.O=C1c2cc(Br)ccc2C[C@@]12CC[C@H](O)C1(CC1)C2.O=C1c2cc(Br)ccc2C[C@]12CC[C@@H](O)C1(CC1)C2. The van der Waals surface area contributed by atoms with Crippen molar-refractivity contribution in [3.63, 3.8) is 0 Å². The molecule has 0 aromatic heterocycles. The summed E-state index contributed by atoms with van der Waals surface area (Å²) in [7, 11) is 3.65. The van der Waals surface area contributed by atoms with Crippen molar-refractivity contribution in [1.82, 2.24) is 0 Å². The van der Waals surface area contributed by atoms with Gasteiger partial charge in [0.1, 0.15) is 0 Å². The van der Waals surface area contributed by atoms with Gasteiger partial charge in [-0.2, -0.15) is 0 Å². The van der Waals surface area contributed by atoms with E-state index < -0.39 is 0 Å². The van der Waals surface area contributed by atoms with Crippen LogP contribution >= 0.6 is 63.7 Å². The quantitative estimate of drug-likeness (QED) is 0.203. The maximum atomic E-state index is 13.0. The molecule has 0 saturated heterocycles. The van der Waals surface area contributed by atoms with E-state index in [9.17, 15) is 29.4 Å². The van der Waals surface area contributed by atoms with Gasteiger partial charge in [0.05, 0.1) is 24.4 Å². The molecule has 2 N–H and O–H groups in total. The Balaban J connectivity index is 0.0000000989. The van der Waals surface area contributed by atoms with Crippen LogP contribution in [0.1, 0.15) is 192 Å². The number of benzene rings is 4. The number of carbonyl (C=O) groups is 4. The lowest BCUT2D eigenvalue weighted by atomic mass is 9.64. The van der Waals surface area contributed by atoms with Gasteiger partial charge >= 0.3 is 0 Å². The third-order valence-electron chi connectivity index (χ3n) is 22.6. The first-order valence-electron chi connectivity index (χ1n) is 29.0. The molecule has 0 unspecified atom stereocenters. The van der Waals surface area contributed by atoms with Crippen molar-refractivity contribution in [3.8, 4) is 0 Å². The molecule has 8 saturated carbocycles. The molecule has 8 nitrogen and oxygen atoms in total. The van der Waals surface area contributed by atoms with E-state index in [2.05, 4.69) is 100 Å². The first-order chi connectivity index (χ1) is 37.3. The molecule has 0 radical (unpaired) electrons. The molecule has 0 heterocycles. The van der Waals surface area contributed by atoms with Crippen LogP contribution in [0, 0.1) is 43.3 Å². The highest BCUT2D eigenvalue weighted by Gasteiger charge is 2.64. The van der Waals surface area contributed by atoms with Gasteiger partial charge in [-0.15, -0.1) is 0 Å². The van der Waals surface area contributed by atoms with E-state index >= 15 is 0 Å². The van der Waals surface area contributed by atoms with Crippen LogP contribution in [0.5, 0.6) is 0 Å². The lowest BCUT2D eigenvalue weighted by Gasteiger charge is -2.41. The fraction of sp³-hybridized carbons (Fsp3) is 0.576. The standard InChI is InChI=1S/2C17H19BrO2.2C16H17BrO2/c2*1-20-14-4-5-17(10-16(14)6-7-16)9-11-2-3-12(18)8-13(11)15(17)19;2*17-11-2-1-10-8-16(14(19)12(10)7-11)4-3-13(18)15(9-16)5-6-15/h2*2-3,8,14H,4-7,9-10H2,1H3;2*1-2,7,13,18H,3-6,8-9H2/t2*14-,17+;2*13-,16+/m1010/s1. The fourth-order valence-corrected chi connectivity index (χ4v) is 19.2.